The average Bonchev–Trinajstić information content (AvgIpc) is 2.12. The molecule has 1 aromatic carbocycles. The van der Waals surface area contributed by atoms with Crippen molar-refractivity contribution in [2.75, 3.05) is 5.73 Å². The molecule has 0 bridgehead atoms. The van der Waals surface area contributed by atoms with E-state index in [4.69, 9.17) is 5.73 Å². The summed E-state index contributed by atoms with van der Waals surface area (Å²) < 4.78 is 1.03. The van der Waals surface area contributed by atoms with Gasteiger partial charge in [0.25, 0.3) is 0 Å². The smallest absolute Gasteiger partial charge is 0.187 e. The number of ketones is 1. The second kappa shape index (κ2) is 5.09. The van der Waals surface area contributed by atoms with Gasteiger partial charge in [-0.15, -0.1) is 0 Å². The van der Waals surface area contributed by atoms with Crippen LogP contribution in [0.25, 0.3) is 0 Å². The molecule has 1 rings (SSSR count). The van der Waals surface area contributed by atoms with Gasteiger partial charge in [0.15, 0.2) is 5.78 Å². The third-order valence-corrected chi connectivity index (χ3v) is 3.71. The third-order valence-electron chi connectivity index (χ3n) is 1.56. The molecule has 0 aliphatic heterocycles. The van der Waals surface area contributed by atoms with Crippen LogP contribution in [-0.4, -0.2) is 9.52 Å². The molecule has 0 heterocycles. The van der Waals surface area contributed by atoms with Crippen molar-refractivity contribution in [2.45, 2.75) is 3.74 Å². The van der Waals surface area contributed by atoms with Crippen molar-refractivity contribution in [1.29, 1.82) is 0 Å². The maximum Gasteiger partial charge on any atom is 0.187 e. The van der Waals surface area contributed by atoms with E-state index >= 15 is 0 Å². The lowest BCUT2D eigenvalue weighted by atomic mass is 10.1. The maximum absolute atomic E-state index is 11.6. The quantitative estimate of drug-likeness (QED) is 0.419. The van der Waals surface area contributed by atoms with Gasteiger partial charge in [0, 0.05) is 14.5 Å². The molecule has 0 saturated heterocycles. The molecule has 0 aliphatic rings. The summed E-state index contributed by atoms with van der Waals surface area (Å²) in [4.78, 5) is 11.6. The Morgan fingerprint density at radius 2 is 1.64 bits per heavy atom. The second-order valence-electron chi connectivity index (χ2n) is 2.52. The fraction of sp³-hybridized carbons (Fsp3) is 0.125. The van der Waals surface area contributed by atoms with E-state index in [2.05, 4.69) is 63.7 Å². The molecule has 0 atom stereocenters. The van der Waals surface area contributed by atoms with E-state index < -0.39 is 0 Å². The van der Waals surface area contributed by atoms with E-state index in [0.29, 0.717) is 20.2 Å². The number of nitrogens with two attached hydrogens (primary N) is 1. The number of benzene rings is 1. The van der Waals surface area contributed by atoms with Gasteiger partial charge in [-0.25, -0.2) is 0 Å². The number of halogens is 4. The summed E-state index contributed by atoms with van der Waals surface area (Å²) in [7, 11) is 0. The van der Waals surface area contributed by atoms with Gasteiger partial charge in [-0.2, -0.15) is 0 Å². The molecule has 14 heavy (non-hydrogen) atoms. The van der Waals surface area contributed by atoms with Crippen molar-refractivity contribution in [1.82, 2.24) is 0 Å². The number of hydrogen-bond acceptors (Lipinski definition) is 2. The Bertz CT molecular complexity index is 355. The molecule has 2 nitrogen and oxygen atoms in total. The third kappa shape index (κ3) is 2.81. The zero-order valence-corrected chi connectivity index (χ0v) is 13.1. The van der Waals surface area contributed by atoms with Crippen LogP contribution in [0.3, 0.4) is 0 Å². The van der Waals surface area contributed by atoms with Crippen molar-refractivity contribution in [3.05, 3.63) is 26.6 Å². The van der Waals surface area contributed by atoms with E-state index in [1.165, 1.54) is 0 Å². The Morgan fingerprint density at radius 3 is 2.00 bits per heavy atom. The van der Waals surface area contributed by atoms with Gasteiger partial charge < -0.3 is 5.73 Å². The molecule has 0 radical (unpaired) electrons. The van der Waals surface area contributed by atoms with E-state index in [1.807, 2.05) is 0 Å². The summed E-state index contributed by atoms with van der Waals surface area (Å²) in [6.45, 7) is 0. The summed E-state index contributed by atoms with van der Waals surface area (Å²) >= 11 is 12.9. The first-order valence-corrected chi connectivity index (χ1v) is 6.92. The second-order valence-corrected chi connectivity index (χ2v) is 7.29. The number of carbonyl (C=O) groups excluding carboxylic acids is 1. The molecule has 2 N–H and O–H groups in total. The molecule has 0 aliphatic carbocycles. The monoisotopic (exact) mass is 447 g/mol. The molecule has 0 aromatic heterocycles. The van der Waals surface area contributed by atoms with Gasteiger partial charge in [-0.05, 0) is 44.0 Å². The van der Waals surface area contributed by atoms with E-state index in [9.17, 15) is 4.79 Å². The van der Waals surface area contributed by atoms with Gasteiger partial charge in [0.2, 0.25) is 0 Å². The number of hydrogen-bond donors (Lipinski definition) is 1. The van der Waals surface area contributed by atoms with Crippen LogP contribution in [0.4, 0.5) is 5.69 Å². The Hall–Kier alpha value is 0.610. The summed E-state index contributed by atoms with van der Waals surface area (Å²) in [5.74, 6) is -0.0496. The largest absolute Gasteiger partial charge is 0.397 e. The molecule has 0 unspecified atom stereocenters. The van der Waals surface area contributed by atoms with Crippen LogP contribution < -0.4 is 5.73 Å². The number of Topliss-reactive ketones (excluding diaryl/α,β-unsaturated/α-hetero) is 1. The summed E-state index contributed by atoms with van der Waals surface area (Å²) in [6, 6.07) is 3.38. The van der Waals surface area contributed by atoms with Crippen LogP contribution in [0.2, 0.25) is 0 Å². The molecule has 0 amide bonds. The Balaban J connectivity index is 3.19. The number of anilines is 1. The highest BCUT2D eigenvalue weighted by Crippen LogP contribution is 2.31. The van der Waals surface area contributed by atoms with Gasteiger partial charge in [0.05, 0.1) is 5.69 Å². The topological polar surface area (TPSA) is 43.1 Å². The predicted molar refractivity (Wildman–Crippen MR) is 72.2 cm³/mol. The first-order chi connectivity index (χ1) is 6.43. The van der Waals surface area contributed by atoms with Gasteiger partial charge in [-0.3, -0.25) is 4.79 Å². The Kier molecular flexibility index (Phi) is 4.61. The fourth-order valence-electron chi connectivity index (χ4n) is 0.853. The lowest BCUT2D eigenvalue weighted by molar-refractivity contribution is 0.101. The molecule has 76 valence electrons. The summed E-state index contributed by atoms with van der Waals surface area (Å²) in [5, 5.41) is 0. The minimum Gasteiger partial charge on any atom is -0.397 e. The maximum atomic E-state index is 11.6. The van der Waals surface area contributed by atoms with Crippen molar-refractivity contribution in [2.24, 2.45) is 0 Å². The number of carbonyl (C=O) groups is 1. The van der Waals surface area contributed by atoms with Crippen molar-refractivity contribution in [3.8, 4) is 0 Å². The van der Waals surface area contributed by atoms with Gasteiger partial charge in [-0.1, -0.05) is 31.9 Å². The molecular weight excluding hydrogens is 446 g/mol. The normalized spacial score (nSPS) is 10.6. The number of rotatable bonds is 2. The van der Waals surface area contributed by atoms with Crippen LogP contribution in [-0.2, 0) is 0 Å². The van der Waals surface area contributed by atoms with Crippen molar-refractivity contribution < 1.29 is 4.79 Å². The van der Waals surface area contributed by atoms with Crippen molar-refractivity contribution >= 4 is 75.2 Å². The van der Waals surface area contributed by atoms with Crippen LogP contribution in [0, 0.1) is 0 Å². The zero-order valence-electron chi connectivity index (χ0n) is 6.73. The fourth-order valence-corrected chi connectivity index (χ4v) is 2.57. The first-order valence-electron chi connectivity index (χ1n) is 3.50. The van der Waals surface area contributed by atoms with Crippen LogP contribution in [0.1, 0.15) is 10.4 Å². The highest BCUT2D eigenvalue weighted by atomic mass is 79.9. The zero-order chi connectivity index (χ0) is 10.9. The predicted octanol–water partition coefficient (Wildman–Crippen LogP) is 4.09. The number of nitrogen functional groups attached to an aromatic ring is 1. The molecular formula is C8H5Br4NO. The van der Waals surface area contributed by atoms with Crippen LogP contribution >= 0.6 is 63.7 Å². The highest BCUT2D eigenvalue weighted by Gasteiger charge is 2.15. The highest BCUT2D eigenvalue weighted by molar-refractivity contribution is 9.25. The summed E-state index contributed by atoms with van der Waals surface area (Å²) in [6.07, 6.45) is 0. The molecule has 1 aromatic rings. The molecule has 0 fully saturated rings. The van der Waals surface area contributed by atoms with Gasteiger partial charge >= 0.3 is 0 Å². The van der Waals surface area contributed by atoms with Gasteiger partial charge in [0.1, 0.15) is 3.74 Å². The Labute approximate surface area is 115 Å². The first kappa shape index (κ1) is 12.7. The number of alkyl halides is 2. The Morgan fingerprint density at radius 1 is 1.21 bits per heavy atom. The van der Waals surface area contributed by atoms with E-state index in [0.717, 1.165) is 0 Å². The lowest BCUT2D eigenvalue weighted by Crippen LogP contribution is -2.07. The average molecular weight is 451 g/mol. The van der Waals surface area contributed by atoms with E-state index in [-0.39, 0.29) is 9.52 Å². The molecule has 6 heteroatoms. The minimum absolute atomic E-state index is 0.0496. The van der Waals surface area contributed by atoms with Crippen molar-refractivity contribution in [3.63, 3.8) is 0 Å². The SMILES string of the molecule is Nc1c(Br)cc(C(=O)C(Br)Br)cc1Br. The van der Waals surface area contributed by atoms with E-state index in [1.54, 1.807) is 12.1 Å². The lowest BCUT2D eigenvalue weighted by Gasteiger charge is -2.06. The van der Waals surface area contributed by atoms with Crippen LogP contribution in [0.5, 0.6) is 0 Å². The molecule has 0 spiro atoms. The molecule has 0 saturated carbocycles. The van der Waals surface area contributed by atoms with Crippen LogP contribution in [0.15, 0.2) is 21.1 Å². The minimum atomic E-state index is -0.377. The summed E-state index contributed by atoms with van der Waals surface area (Å²) in [5.41, 5.74) is 6.86. The standard InChI is InChI=1S/C8H5Br4NO/c9-4-1-3(7(14)8(11)12)2-5(10)6(4)13/h1-2,8H,13H2.